The van der Waals surface area contributed by atoms with Crippen LogP contribution in [0.2, 0.25) is 0 Å². The maximum absolute atomic E-state index is 12.6. The molecule has 2 N–H and O–H groups in total. The predicted molar refractivity (Wildman–Crippen MR) is 90.0 cm³/mol. The van der Waals surface area contributed by atoms with Gasteiger partial charge in [-0.1, -0.05) is 0 Å². The molecule has 4 rings (SSSR count). The number of halogens is 1. The molecule has 4 atom stereocenters. The highest BCUT2D eigenvalue weighted by Gasteiger charge is 2.55. The summed E-state index contributed by atoms with van der Waals surface area (Å²) in [6, 6.07) is 2.83. The van der Waals surface area contributed by atoms with Crippen LogP contribution in [0.4, 0.5) is 0 Å². The Morgan fingerprint density at radius 1 is 1.36 bits per heavy atom. The Labute approximate surface area is 140 Å². The van der Waals surface area contributed by atoms with Gasteiger partial charge in [0.1, 0.15) is 0 Å². The highest BCUT2D eigenvalue weighted by molar-refractivity contribution is 7.11. The van der Waals surface area contributed by atoms with E-state index in [1.165, 1.54) is 12.8 Å². The van der Waals surface area contributed by atoms with Gasteiger partial charge in [0.2, 0.25) is 5.91 Å². The second-order valence-electron chi connectivity index (χ2n) is 6.29. The lowest BCUT2D eigenvalue weighted by Crippen LogP contribution is -2.38. The monoisotopic (exact) mass is 340 g/mol. The predicted octanol–water partition coefficient (Wildman–Crippen LogP) is 1.88. The van der Waals surface area contributed by atoms with Gasteiger partial charge in [0.05, 0.1) is 6.61 Å². The molecule has 0 radical (unpaired) electrons. The second kappa shape index (κ2) is 6.32. The van der Waals surface area contributed by atoms with E-state index >= 15 is 0 Å². The van der Waals surface area contributed by atoms with Crippen molar-refractivity contribution in [1.82, 2.24) is 10.2 Å². The van der Waals surface area contributed by atoms with Crippen molar-refractivity contribution in [2.24, 2.45) is 11.8 Å². The Balaban J connectivity index is 0.00000144. The molecule has 0 saturated carbocycles. The normalized spacial score (nSPS) is 32.5. The molecule has 3 aliphatic heterocycles. The van der Waals surface area contributed by atoms with E-state index < -0.39 is 0 Å². The lowest BCUT2D eigenvalue weighted by Gasteiger charge is -2.23. The fourth-order valence-corrected chi connectivity index (χ4v) is 5.20. The highest BCUT2D eigenvalue weighted by atomic mass is 35.5. The number of carbonyl (C=O) groups is 1. The molecule has 120 valence electrons. The van der Waals surface area contributed by atoms with E-state index in [0.29, 0.717) is 23.9 Å². The van der Waals surface area contributed by atoms with Gasteiger partial charge in [-0.05, 0) is 47.8 Å². The zero-order valence-electron chi connectivity index (χ0n) is 12.3. The molecule has 1 aromatic heterocycles. The molecule has 0 unspecified atom stereocenters. The minimum Gasteiger partial charge on any atom is -0.392 e. The summed E-state index contributed by atoms with van der Waals surface area (Å²) in [4.78, 5) is 15.7. The van der Waals surface area contributed by atoms with Crippen LogP contribution in [0.5, 0.6) is 0 Å². The summed E-state index contributed by atoms with van der Waals surface area (Å²) < 4.78 is 0. The SMILES string of the molecule is Cl.O=C(/C=C/c1cc(CO)cs1)N1[C@@H]2CC[C@H]1[C@H]1CNC[C@H]12. The zero-order chi connectivity index (χ0) is 14.4. The summed E-state index contributed by atoms with van der Waals surface area (Å²) in [6.45, 7) is 2.21. The van der Waals surface area contributed by atoms with Crippen LogP contribution in [0.15, 0.2) is 17.5 Å². The van der Waals surface area contributed by atoms with Gasteiger partial charge in [0, 0.05) is 36.1 Å². The lowest BCUT2D eigenvalue weighted by atomic mass is 9.82. The van der Waals surface area contributed by atoms with Crippen LogP contribution in [0.25, 0.3) is 6.08 Å². The third-order valence-corrected chi connectivity index (χ3v) is 6.22. The molecule has 3 fully saturated rings. The molecule has 4 heterocycles. The molecule has 4 nitrogen and oxygen atoms in total. The molecule has 1 aromatic rings. The standard InChI is InChI=1S/C16H20N2O2S.ClH/c19-8-10-5-11(21-9-10)1-4-16(20)18-14-2-3-15(18)13-7-17-6-12(13)14;/h1,4-5,9,12-15,17,19H,2-3,6-8H2;1H/b4-1+;/t12-,13+,14-,15+;. The van der Waals surface area contributed by atoms with E-state index in [2.05, 4.69) is 10.2 Å². The Morgan fingerprint density at radius 3 is 2.64 bits per heavy atom. The largest absolute Gasteiger partial charge is 0.392 e. The summed E-state index contributed by atoms with van der Waals surface area (Å²) in [6.07, 6.45) is 5.94. The van der Waals surface area contributed by atoms with E-state index in [1.54, 1.807) is 17.4 Å². The van der Waals surface area contributed by atoms with Crippen LogP contribution < -0.4 is 5.32 Å². The van der Waals surface area contributed by atoms with Crippen LogP contribution in [0.3, 0.4) is 0 Å². The number of carbonyl (C=O) groups excluding carboxylic acids is 1. The van der Waals surface area contributed by atoms with Crippen LogP contribution in [0, 0.1) is 11.8 Å². The first kappa shape index (κ1) is 16.0. The van der Waals surface area contributed by atoms with Gasteiger partial charge in [-0.15, -0.1) is 23.7 Å². The van der Waals surface area contributed by atoms with E-state index in [-0.39, 0.29) is 24.9 Å². The van der Waals surface area contributed by atoms with Crippen molar-refractivity contribution in [2.75, 3.05) is 13.1 Å². The van der Waals surface area contributed by atoms with Crippen LogP contribution >= 0.6 is 23.7 Å². The minimum absolute atomic E-state index is 0. The molecule has 0 aliphatic carbocycles. The smallest absolute Gasteiger partial charge is 0.247 e. The van der Waals surface area contributed by atoms with Crippen molar-refractivity contribution >= 4 is 35.7 Å². The Kier molecular flexibility index (Phi) is 4.59. The molecule has 1 amide bonds. The molecule has 0 aromatic carbocycles. The first-order valence-electron chi connectivity index (χ1n) is 7.67. The van der Waals surface area contributed by atoms with E-state index in [0.717, 1.165) is 23.5 Å². The zero-order valence-corrected chi connectivity index (χ0v) is 13.9. The van der Waals surface area contributed by atoms with Crippen molar-refractivity contribution in [3.63, 3.8) is 0 Å². The average molecular weight is 341 g/mol. The van der Waals surface area contributed by atoms with Gasteiger partial charge >= 0.3 is 0 Å². The number of thiophene rings is 1. The number of nitrogens with zero attached hydrogens (tertiary/aromatic N) is 1. The van der Waals surface area contributed by atoms with E-state index in [9.17, 15) is 4.79 Å². The summed E-state index contributed by atoms with van der Waals surface area (Å²) in [5, 5.41) is 14.5. The number of aliphatic hydroxyl groups excluding tert-OH is 1. The van der Waals surface area contributed by atoms with Crippen LogP contribution in [-0.2, 0) is 11.4 Å². The Hall–Kier alpha value is -0.880. The molecule has 2 bridgehead atoms. The molecule has 22 heavy (non-hydrogen) atoms. The van der Waals surface area contributed by atoms with Gasteiger partial charge in [0.15, 0.2) is 0 Å². The fraction of sp³-hybridized carbons (Fsp3) is 0.562. The Morgan fingerprint density at radius 2 is 2.05 bits per heavy atom. The number of amides is 1. The van der Waals surface area contributed by atoms with E-state index in [4.69, 9.17) is 5.11 Å². The van der Waals surface area contributed by atoms with Gasteiger partial charge in [-0.3, -0.25) is 4.79 Å². The average Bonchev–Trinajstić information content (AvgIpc) is 3.23. The molecule has 3 aliphatic rings. The number of hydrogen-bond donors (Lipinski definition) is 2. The van der Waals surface area contributed by atoms with Crippen LogP contribution in [0.1, 0.15) is 23.3 Å². The number of hydrogen-bond acceptors (Lipinski definition) is 4. The van der Waals surface area contributed by atoms with Gasteiger partial charge in [0.25, 0.3) is 0 Å². The molecular weight excluding hydrogens is 320 g/mol. The maximum atomic E-state index is 12.6. The minimum atomic E-state index is 0. The summed E-state index contributed by atoms with van der Waals surface area (Å²) in [5.41, 5.74) is 0.911. The molecule has 0 spiro atoms. The fourth-order valence-electron chi connectivity index (χ4n) is 4.40. The topological polar surface area (TPSA) is 52.6 Å². The maximum Gasteiger partial charge on any atom is 0.247 e. The summed E-state index contributed by atoms with van der Waals surface area (Å²) >= 11 is 1.57. The summed E-state index contributed by atoms with van der Waals surface area (Å²) in [7, 11) is 0. The number of nitrogens with one attached hydrogen (secondary N) is 1. The van der Waals surface area contributed by atoms with Gasteiger partial charge in [-0.2, -0.15) is 0 Å². The lowest BCUT2D eigenvalue weighted by molar-refractivity contribution is -0.127. The number of aliphatic hydroxyl groups is 1. The third-order valence-electron chi connectivity index (χ3n) is 5.27. The van der Waals surface area contributed by atoms with Crippen molar-refractivity contribution < 1.29 is 9.90 Å². The molecule has 3 saturated heterocycles. The first-order valence-corrected chi connectivity index (χ1v) is 8.55. The Bertz CT molecular complexity index is 570. The second-order valence-corrected chi connectivity index (χ2v) is 7.24. The van der Waals surface area contributed by atoms with Crippen LogP contribution in [-0.4, -0.2) is 41.1 Å². The summed E-state index contributed by atoms with van der Waals surface area (Å²) in [5.74, 6) is 1.50. The van der Waals surface area contributed by atoms with Crippen molar-refractivity contribution in [1.29, 1.82) is 0 Å². The quantitative estimate of drug-likeness (QED) is 0.826. The van der Waals surface area contributed by atoms with Crippen molar-refractivity contribution in [2.45, 2.75) is 31.5 Å². The molecular formula is C16H21ClN2O2S. The number of rotatable bonds is 3. The highest BCUT2D eigenvalue weighted by Crippen LogP contribution is 2.47. The first-order chi connectivity index (χ1) is 10.3. The number of fused-ring (bicyclic) bond motifs is 5. The van der Waals surface area contributed by atoms with Gasteiger partial charge in [-0.25, -0.2) is 0 Å². The third kappa shape index (κ3) is 2.50. The molecule has 6 heteroatoms. The van der Waals surface area contributed by atoms with Gasteiger partial charge < -0.3 is 15.3 Å². The van der Waals surface area contributed by atoms with Crippen molar-refractivity contribution in [3.8, 4) is 0 Å². The van der Waals surface area contributed by atoms with E-state index in [1.807, 2.05) is 17.5 Å². The van der Waals surface area contributed by atoms with Crippen molar-refractivity contribution in [3.05, 3.63) is 28.0 Å².